The first kappa shape index (κ1) is 27.1. The number of fused-ring (bicyclic) bond motifs is 1. The molecule has 2 aromatic carbocycles. The van der Waals surface area contributed by atoms with E-state index in [0.717, 1.165) is 5.56 Å². The summed E-state index contributed by atoms with van der Waals surface area (Å²) in [6.45, 7) is 6.24. The quantitative estimate of drug-likeness (QED) is 0.267. The third-order valence-electron chi connectivity index (χ3n) is 5.75. The van der Waals surface area contributed by atoms with Crippen LogP contribution in [0.5, 0.6) is 23.1 Å². The number of sulfonamides is 1. The van der Waals surface area contributed by atoms with E-state index in [-0.39, 0.29) is 29.8 Å². The van der Waals surface area contributed by atoms with Gasteiger partial charge in [-0.15, -0.1) is 15.3 Å². The molecular formula is C26H31N5O6S. The Morgan fingerprint density at radius 2 is 1.74 bits per heavy atom. The third-order valence-corrected chi connectivity index (χ3v) is 7.24. The van der Waals surface area contributed by atoms with Gasteiger partial charge in [-0.25, -0.2) is 13.1 Å². The highest BCUT2D eigenvalue weighted by Gasteiger charge is 2.21. The van der Waals surface area contributed by atoms with Gasteiger partial charge in [0.25, 0.3) is 0 Å². The second-order valence-electron chi connectivity index (χ2n) is 8.57. The Labute approximate surface area is 221 Å². The van der Waals surface area contributed by atoms with Crippen LogP contribution in [0.1, 0.15) is 32.3 Å². The van der Waals surface area contributed by atoms with Gasteiger partial charge in [0.1, 0.15) is 28.8 Å². The van der Waals surface area contributed by atoms with Crippen molar-refractivity contribution in [1.29, 1.82) is 0 Å². The van der Waals surface area contributed by atoms with Gasteiger partial charge in [-0.3, -0.25) is 0 Å². The molecule has 0 amide bonds. The fourth-order valence-corrected chi connectivity index (χ4v) is 4.97. The number of nitrogens with one attached hydrogen (secondary N) is 1. The van der Waals surface area contributed by atoms with Crippen molar-refractivity contribution < 1.29 is 27.4 Å². The van der Waals surface area contributed by atoms with Crippen LogP contribution in [-0.4, -0.2) is 62.2 Å². The summed E-state index contributed by atoms with van der Waals surface area (Å²) in [5, 5.41) is 12.9. The van der Waals surface area contributed by atoms with Crippen molar-refractivity contribution in [3.8, 4) is 34.5 Å². The molecule has 0 aliphatic heterocycles. The van der Waals surface area contributed by atoms with Crippen LogP contribution < -0.4 is 23.7 Å². The van der Waals surface area contributed by atoms with Gasteiger partial charge in [-0.2, -0.15) is 4.52 Å². The number of ether oxygens (including phenoxy) is 4. The zero-order valence-corrected chi connectivity index (χ0v) is 22.8. The Bertz CT molecular complexity index is 1520. The molecule has 11 nitrogen and oxygen atoms in total. The van der Waals surface area contributed by atoms with Gasteiger partial charge in [0.15, 0.2) is 11.5 Å². The molecule has 0 radical (unpaired) electrons. The third kappa shape index (κ3) is 5.81. The second-order valence-corrected chi connectivity index (χ2v) is 10.3. The van der Waals surface area contributed by atoms with E-state index in [4.69, 9.17) is 18.9 Å². The molecule has 1 N–H and O–H groups in total. The van der Waals surface area contributed by atoms with Crippen LogP contribution in [0.15, 0.2) is 53.4 Å². The maximum atomic E-state index is 13.1. The Balaban J connectivity index is 1.49. The van der Waals surface area contributed by atoms with Gasteiger partial charge in [-0.05, 0) is 54.8 Å². The van der Waals surface area contributed by atoms with Crippen LogP contribution in [0.25, 0.3) is 17.0 Å². The molecule has 0 saturated heterocycles. The van der Waals surface area contributed by atoms with Gasteiger partial charge in [0.05, 0.1) is 26.4 Å². The lowest BCUT2D eigenvalue weighted by Crippen LogP contribution is -2.29. The number of hydrogen-bond acceptors (Lipinski definition) is 9. The second kappa shape index (κ2) is 11.7. The number of nitrogens with zero attached hydrogens (tertiary/aromatic N) is 4. The van der Waals surface area contributed by atoms with Gasteiger partial charge < -0.3 is 18.9 Å². The molecule has 4 aromatic rings. The van der Waals surface area contributed by atoms with Gasteiger partial charge in [0.2, 0.25) is 15.9 Å². The topological polar surface area (TPSA) is 126 Å². The molecule has 38 heavy (non-hydrogen) atoms. The lowest BCUT2D eigenvalue weighted by atomic mass is 10.0. The van der Waals surface area contributed by atoms with E-state index in [1.54, 1.807) is 56.7 Å². The molecule has 202 valence electrons. The average Bonchev–Trinajstić information content (AvgIpc) is 3.34. The summed E-state index contributed by atoms with van der Waals surface area (Å²) in [5.41, 5.74) is 2.05. The van der Waals surface area contributed by atoms with E-state index >= 15 is 0 Å². The van der Waals surface area contributed by atoms with Crippen molar-refractivity contribution in [1.82, 2.24) is 24.5 Å². The standard InChI is InChI=1S/C26H31N5O6S/c1-6-36-22-9-7-18(17(2)3)15-23(22)38(32,33)27-13-14-37-25-12-11-24-28-29-26(31(24)30-25)20-16-19(34-4)8-10-21(20)35-5/h7-12,15-17,27H,6,13-14H2,1-5H3. The van der Waals surface area contributed by atoms with E-state index in [0.29, 0.717) is 40.9 Å². The van der Waals surface area contributed by atoms with Crippen molar-refractivity contribution in [2.45, 2.75) is 31.6 Å². The normalized spacial score (nSPS) is 11.6. The van der Waals surface area contributed by atoms with Crippen molar-refractivity contribution in [3.05, 3.63) is 54.1 Å². The molecule has 0 saturated carbocycles. The molecule has 0 unspecified atom stereocenters. The van der Waals surface area contributed by atoms with Crippen molar-refractivity contribution in [3.63, 3.8) is 0 Å². The van der Waals surface area contributed by atoms with Gasteiger partial charge in [-0.1, -0.05) is 19.9 Å². The van der Waals surface area contributed by atoms with Crippen LogP contribution in [-0.2, 0) is 10.0 Å². The van der Waals surface area contributed by atoms with Gasteiger partial charge in [0, 0.05) is 12.6 Å². The van der Waals surface area contributed by atoms with Crippen LogP contribution in [0.3, 0.4) is 0 Å². The maximum absolute atomic E-state index is 13.1. The largest absolute Gasteiger partial charge is 0.497 e. The molecule has 4 rings (SSSR count). The number of hydrogen-bond donors (Lipinski definition) is 1. The zero-order chi connectivity index (χ0) is 27.3. The summed E-state index contributed by atoms with van der Waals surface area (Å²) in [6.07, 6.45) is 0. The van der Waals surface area contributed by atoms with Crippen molar-refractivity contribution in [2.75, 3.05) is 34.0 Å². The predicted octanol–water partition coefficient (Wildman–Crippen LogP) is 3.69. The molecule has 0 bridgehead atoms. The van der Waals surface area contributed by atoms with Crippen molar-refractivity contribution in [2.24, 2.45) is 0 Å². The Kier molecular flexibility index (Phi) is 8.32. The fraction of sp³-hybridized carbons (Fsp3) is 0.346. The van der Waals surface area contributed by atoms with E-state index in [1.165, 1.54) is 4.52 Å². The molecular weight excluding hydrogens is 510 g/mol. The summed E-state index contributed by atoms with van der Waals surface area (Å²) in [7, 11) is -0.695. The molecule has 0 fully saturated rings. The molecule has 2 aromatic heterocycles. The smallest absolute Gasteiger partial charge is 0.244 e. The Hall–Kier alpha value is -3.90. The number of aromatic nitrogens is 4. The summed E-state index contributed by atoms with van der Waals surface area (Å²) in [4.78, 5) is 0.103. The lowest BCUT2D eigenvalue weighted by Gasteiger charge is -2.15. The first-order chi connectivity index (χ1) is 18.3. The monoisotopic (exact) mass is 541 g/mol. The molecule has 0 aliphatic carbocycles. The fourth-order valence-electron chi connectivity index (χ4n) is 3.78. The molecule has 0 atom stereocenters. The van der Waals surface area contributed by atoms with Gasteiger partial charge >= 0.3 is 0 Å². The van der Waals surface area contributed by atoms with E-state index in [1.807, 2.05) is 26.8 Å². The summed E-state index contributed by atoms with van der Waals surface area (Å²) in [6, 6.07) is 13.9. The first-order valence-electron chi connectivity index (χ1n) is 12.1. The lowest BCUT2D eigenvalue weighted by molar-refractivity contribution is 0.305. The highest BCUT2D eigenvalue weighted by molar-refractivity contribution is 7.89. The van der Waals surface area contributed by atoms with Crippen LogP contribution in [0.2, 0.25) is 0 Å². The molecule has 12 heteroatoms. The zero-order valence-electron chi connectivity index (χ0n) is 22.0. The van der Waals surface area contributed by atoms with Crippen LogP contribution >= 0.6 is 0 Å². The van der Waals surface area contributed by atoms with Crippen LogP contribution in [0.4, 0.5) is 0 Å². The SMILES string of the molecule is CCOc1ccc(C(C)C)cc1S(=O)(=O)NCCOc1ccc2nnc(-c3cc(OC)ccc3OC)n2n1. The molecule has 0 spiro atoms. The van der Waals surface area contributed by atoms with Crippen LogP contribution in [0, 0.1) is 0 Å². The summed E-state index contributed by atoms with van der Waals surface area (Å²) < 4.78 is 52.3. The first-order valence-corrected chi connectivity index (χ1v) is 13.6. The molecule has 2 heterocycles. The Morgan fingerprint density at radius 3 is 2.45 bits per heavy atom. The van der Waals surface area contributed by atoms with E-state index in [9.17, 15) is 8.42 Å². The number of methoxy groups -OCH3 is 2. The maximum Gasteiger partial charge on any atom is 0.244 e. The minimum absolute atomic E-state index is 0.0261. The number of benzene rings is 2. The van der Waals surface area contributed by atoms with E-state index in [2.05, 4.69) is 20.0 Å². The molecule has 0 aliphatic rings. The highest BCUT2D eigenvalue weighted by Crippen LogP contribution is 2.32. The summed E-state index contributed by atoms with van der Waals surface area (Å²) in [5.74, 6) is 2.40. The Morgan fingerprint density at radius 1 is 0.947 bits per heavy atom. The minimum atomic E-state index is -3.83. The average molecular weight is 542 g/mol. The minimum Gasteiger partial charge on any atom is -0.497 e. The summed E-state index contributed by atoms with van der Waals surface area (Å²) >= 11 is 0. The highest BCUT2D eigenvalue weighted by atomic mass is 32.2. The van der Waals surface area contributed by atoms with E-state index < -0.39 is 10.0 Å². The number of rotatable bonds is 12. The van der Waals surface area contributed by atoms with Crippen molar-refractivity contribution >= 4 is 15.7 Å². The predicted molar refractivity (Wildman–Crippen MR) is 142 cm³/mol.